The van der Waals surface area contributed by atoms with Crippen LogP contribution in [-0.2, 0) is 17.6 Å². The third kappa shape index (κ3) is 2.57. The fourth-order valence-electron chi connectivity index (χ4n) is 1.67. The van der Waals surface area contributed by atoms with Gasteiger partial charge >= 0.3 is 5.97 Å². The van der Waals surface area contributed by atoms with E-state index in [0.717, 1.165) is 17.5 Å². The lowest BCUT2D eigenvalue weighted by molar-refractivity contribution is -0.136. The van der Waals surface area contributed by atoms with E-state index in [4.69, 9.17) is 10.4 Å². The minimum Gasteiger partial charge on any atom is -0.481 e. The van der Waals surface area contributed by atoms with Crippen molar-refractivity contribution in [2.24, 2.45) is 0 Å². The first-order valence-corrected chi connectivity index (χ1v) is 4.82. The van der Waals surface area contributed by atoms with Crippen LogP contribution in [0, 0.1) is 18.3 Å². The van der Waals surface area contributed by atoms with Gasteiger partial charge in [0.05, 0.1) is 18.1 Å². The van der Waals surface area contributed by atoms with Gasteiger partial charge in [0, 0.05) is 0 Å². The minimum atomic E-state index is -0.898. The lowest BCUT2D eigenvalue weighted by atomic mass is 9.95. The topological polar surface area (TPSA) is 61.1 Å². The van der Waals surface area contributed by atoms with Crippen LogP contribution in [0.25, 0.3) is 0 Å². The Morgan fingerprint density at radius 3 is 2.67 bits per heavy atom. The molecule has 0 aromatic heterocycles. The molecule has 0 aliphatic carbocycles. The lowest BCUT2D eigenvalue weighted by Gasteiger charge is -2.09. The molecule has 0 fully saturated rings. The molecule has 0 amide bonds. The second-order valence-corrected chi connectivity index (χ2v) is 3.49. The van der Waals surface area contributed by atoms with E-state index in [2.05, 4.69) is 6.07 Å². The third-order valence-corrected chi connectivity index (χ3v) is 2.32. The maximum atomic E-state index is 10.7. The Balaban J connectivity index is 3.31. The fourth-order valence-corrected chi connectivity index (χ4v) is 1.67. The molecule has 15 heavy (non-hydrogen) atoms. The van der Waals surface area contributed by atoms with Crippen molar-refractivity contribution in [3.05, 3.63) is 34.4 Å². The number of carboxylic acids is 1. The molecule has 0 aliphatic rings. The van der Waals surface area contributed by atoms with Gasteiger partial charge in [-0.1, -0.05) is 13.0 Å². The maximum Gasteiger partial charge on any atom is 0.307 e. The molecule has 0 aliphatic heterocycles. The Hall–Kier alpha value is -1.82. The van der Waals surface area contributed by atoms with Crippen LogP contribution in [0.5, 0.6) is 0 Å². The van der Waals surface area contributed by atoms with E-state index in [1.807, 2.05) is 19.9 Å². The Labute approximate surface area is 89.0 Å². The highest BCUT2D eigenvalue weighted by Gasteiger charge is 2.11. The van der Waals surface area contributed by atoms with Crippen LogP contribution in [0.1, 0.15) is 29.2 Å². The molecule has 0 bridgehead atoms. The smallest absolute Gasteiger partial charge is 0.307 e. The average Bonchev–Trinajstić information content (AvgIpc) is 2.19. The summed E-state index contributed by atoms with van der Waals surface area (Å²) in [4.78, 5) is 10.7. The van der Waals surface area contributed by atoms with Gasteiger partial charge in [-0.2, -0.15) is 5.26 Å². The predicted molar refractivity (Wildman–Crippen MR) is 56.6 cm³/mol. The van der Waals surface area contributed by atoms with Crippen LogP contribution in [0.3, 0.4) is 0 Å². The van der Waals surface area contributed by atoms with Crippen molar-refractivity contribution in [2.75, 3.05) is 0 Å². The van der Waals surface area contributed by atoms with Gasteiger partial charge in [-0.15, -0.1) is 0 Å². The fraction of sp³-hybridized carbons (Fsp3) is 0.333. The summed E-state index contributed by atoms with van der Waals surface area (Å²) < 4.78 is 0. The number of hydrogen-bond donors (Lipinski definition) is 1. The zero-order valence-electron chi connectivity index (χ0n) is 8.87. The summed E-state index contributed by atoms with van der Waals surface area (Å²) in [5, 5.41) is 17.7. The van der Waals surface area contributed by atoms with E-state index < -0.39 is 5.97 Å². The standard InChI is InChI=1S/C12H13NO2/c1-3-9-4-8(2)5-10(7-13)11(9)6-12(14)15/h4-5H,3,6H2,1-2H3,(H,14,15). The number of carbonyl (C=O) groups is 1. The van der Waals surface area contributed by atoms with E-state index in [9.17, 15) is 4.79 Å². The summed E-state index contributed by atoms with van der Waals surface area (Å²) in [6, 6.07) is 5.73. The molecular weight excluding hydrogens is 190 g/mol. The Kier molecular flexibility index (Phi) is 3.46. The molecule has 78 valence electrons. The van der Waals surface area contributed by atoms with Crippen LogP contribution < -0.4 is 0 Å². The van der Waals surface area contributed by atoms with Crippen molar-refractivity contribution in [2.45, 2.75) is 26.7 Å². The second kappa shape index (κ2) is 4.61. The van der Waals surface area contributed by atoms with Crippen LogP contribution in [-0.4, -0.2) is 11.1 Å². The molecule has 0 saturated carbocycles. The van der Waals surface area contributed by atoms with Gasteiger partial charge in [0.25, 0.3) is 0 Å². The molecule has 3 nitrogen and oxygen atoms in total. The lowest BCUT2D eigenvalue weighted by Crippen LogP contribution is -2.06. The van der Waals surface area contributed by atoms with Gasteiger partial charge < -0.3 is 5.11 Å². The predicted octanol–water partition coefficient (Wildman–Crippen LogP) is 2.06. The summed E-state index contributed by atoms with van der Waals surface area (Å²) in [5.74, 6) is -0.898. The SMILES string of the molecule is CCc1cc(C)cc(C#N)c1CC(=O)O. The molecule has 0 radical (unpaired) electrons. The van der Waals surface area contributed by atoms with Crippen molar-refractivity contribution >= 4 is 5.97 Å². The number of aliphatic carboxylic acids is 1. The second-order valence-electron chi connectivity index (χ2n) is 3.49. The molecule has 1 aromatic rings. The Morgan fingerprint density at radius 1 is 1.53 bits per heavy atom. The van der Waals surface area contributed by atoms with Crippen molar-refractivity contribution < 1.29 is 9.90 Å². The first-order chi connectivity index (χ1) is 7.08. The highest BCUT2D eigenvalue weighted by atomic mass is 16.4. The van der Waals surface area contributed by atoms with Crippen molar-refractivity contribution in [1.82, 2.24) is 0 Å². The first kappa shape index (κ1) is 11.3. The van der Waals surface area contributed by atoms with Crippen molar-refractivity contribution in [3.8, 4) is 6.07 Å². The number of rotatable bonds is 3. The molecule has 0 saturated heterocycles. The van der Waals surface area contributed by atoms with Crippen molar-refractivity contribution in [3.63, 3.8) is 0 Å². The maximum absolute atomic E-state index is 10.7. The molecule has 1 rings (SSSR count). The Morgan fingerprint density at radius 2 is 2.20 bits per heavy atom. The summed E-state index contributed by atoms with van der Waals surface area (Å²) >= 11 is 0. The summed E-state index contributed by atoms with van der Waals surface area (Å²) in [6.45, 7) is 3.87. The molecule has 0 spiro atoms. The highest BCUT2D eigenvalue weighted by molar-refractivity contribution is 5.72. The number of nitrogens with zero attached hydrogens (tertiary/aromatic N) is 1. The van der Waals surface area contributed by atoms with Crippen LogP contribution >= 0.6 is 0 Å². The number of hydrogen-bond acceptors (Lipinski definition) is 2. The number of carboxylic acid groups (broad SMARTS) is 1. The van der Waals surface area contributed by atoms with Gasteiger partial charge in [0.1, 0.15) is 0 Å². The monoisotopic (exact) mass is 203 g/mol. The largest absolute Gasteiger partial charge is 0.481 e. The Bertz CT molecular complexity index is 430. The van der Waals surface area contributed by atoms with Crippen LogP contribution in [0.15, 0.2) is 12.1 Å². The summed E-state index contributed by atoms with van der Waals surface area (Å²) in [5.41, 5.74) is 3.08. The van der Waals surface area contributed by atoms with E-state index in [0.29, 0.717) is 11.1 Å². The molecule has 0 heterocycles. The van der Waals surface area contributed by atoms with Gasteiger partial charge in [0.15, 0.2) is 0 Å². The zero-order chi connectivity index (χ0) is 11.4. The van der Waals surface area contributed by atoms with Gasteiger partial charge in [0.2, 0.25) is 0 Å². The number of benzene rings is 1. The molecule has 0 unspecified atom stereocenters. The van der Waals surface area contributed by atoms with E-state index in [1.54, 1.807) is 6.07 Å². The minimum absolute atomic E-state index is 0.0770. The van der Waals surface area contributed by atoms with Gasteiger partial charge in [-0.3, -0.25) is 4.79 Å². The van der Waals surface area contributed by atoms with Gasteiger partial charge in [-0.05, 0) is 36.1 Å². The highest BCUT2D eigenvalue weighted by Crippen LogP contribution is 2.18. The third-order valence-electron chi connectivity index (χ3n) is 2.32. The van der Waals surface area contributed by atoms with E-state index in [1.165, 1.54) is 0 Å². The van der Waals surface area contributed by atoms with Crippen molar-refractivity contribution in [1.29, 1.82) is 5.26 Å². The molecule has 1 N–H and O–H groups in total. The molecule has 3 heteroatoms. The van der Waals surface area contributed by atoms with E-state index >= 15 is 0 Å². The van der Waals surface area contributed by atoms with Crippen LogP contribution in [0.4, 0.5) is 0 Å². The average molecular weight is 203 g/mol. The van der Waals surface area contributed by atoms with E-state index in [-0.39, 0.29) is 6.42 Å². The molecular formula is C12H13NO2. The van der Waals surface area contributed by atoms with Crippen LogP contribution in [0.2, 0.25) is 0 Å². The summed E-state index contributed by atoms with van der Waals surface area (Å²) in [7, 11) is 0. The first-order valence-electron chi connectivity index (χ1n) is 4.82. The quantitative estimate of drug-likeness (QED) is 0.817. The molecule has 0 atom stereocenters. The number of aryl methyl sites for hydroxylation is 2. The van der Waals surface area contributed by atoms with Gasteiger partial charge in [-0.25, -0.2) is 0 Å². The normalized spacial score (nSPS) is 9.67. The number of nitriles is 1. The molecule has 1 aromatic carbocycles. The summed E-state index contributed by atoms with van der Waals surface area (Å²) in [6.07, 6.45) is 0.672. The zero-order valence-corrected chi connectivity index (χ0v) is 8.87.